The first-order chi connectivity index (χ1) is 11.2. The van der Waals surface area contributed by atoms with Crippen molar-refractivity contribution in [1.82, 2.24) is 0 Å². The third-order valence-electron chi connectivity index (χ3n) is 5.80. The molecule has 2 aromatic carbocycles. The van der Waals surface area contributed by atoms with Crippen LogP contribution in [0.2, 0.25) is 24.7 Å². The highest BCUT2D eigenvalue weighted by molar-refractivity contribution is 7.19. The fraction of sp³-hybridized carbons (Fsp3) is 0.333. The molecule has 1 nitrogen and oxygen atoms in total. The number of hydrogen-bond acceptors (Lipinski definition) is 1. The first-order valence-corrected chi connectivity index (χ1v) is 14.0. The van der Waals surface area contributed by atoms with E-state index in [1.54, 1.807) is 0 Å². The van der Waals surface area contributed by atoms with Crippen molar-refractivity contribution < 1.29 is 4.79 Å². The number of carbonyl (C=O) groups excluding carboxylic acids is 1. The van der Waals surface area contributed by atoms with Crippen molar-refractivity contribution in [1.29, 1.82) is 0 Å². The topological polar surface area (TPSA) is 17.1 Å². The van der Waals surface area contributed by atoms with Crippen molar-refractivity contribution in [3.8, 4) is 0 Å². The van der Waals surface area contributed by atoms with E-state index in [2.05, 4.69) is 94.9 Å². The summed E-state index contributed by atoms with van der Waals surface area (Å²) in [5.41, 5.74) is 0. The molecule has 0 aromatic heterocycles. The van der Waals surface area contributed by atoms with Crippen LogP contribution in [0.3, 0.4) is 0 Å². The Bertz CT molecular complexity index is 697. The second-order valence-corrected chi connectivity index (χ2v) is 17.9. The summed E-state index contributed by atoms with van der Waals surface area (Å²) in [4.78, 5) is 13.4. The number of hydrogen-bond donors (Lipinski definition) is 0. The maximum Gasteiger partial charge on any atom is 0.149 e. The molecule has 0 heterocycles. The third kappa shape index (κ3) is 3.12. The lowest BCUT2D eigenvalue weighted by atomic mass is 10.2. The minimum Gasteiger partial charge on any atom is -0.234 e. The van der Waals surface area contributed by atoms with Crippen LogP contribution in [0.1, 0.15) is 20.8 Å². The summed E-state index contributed by atoms with van der Waals surface area (Å²) in [5.74, 6) is 2.48. The molecule has 0 bridgehead atoms. The summed E-state index contributed by atoms with van der Waals surface area (Å²) in [6.45, 7) is 13.8. The molecule has 24 heavy (non-hydrogen) atoms. The Morgan fingerprint density at radius 2 is 1.17 bits per heavy atom. The second kappa shape index (κ2) is 6.68. The summed E-state index contributed by atoms with van der Waals surface area (Å²) < 4.78 is 0. The maximum atomic E-state index is 12.3. The molecule has 2 rings (SSSR count). The minimum absolute atomic E-state index is 0.109. The van der Waals surface area contributed by atoms with Crippen LogP contribution in [0.15, 0.2) is 65.5 Å². The molecule has 0 aliphatic heterocycles. The summed E-state index contributed by atoms with van der Waals surface area (Å²) in [6.07, 6.45) is 0. The highest BCUT2D eigenvalue weighted by Crippen LogP contribution is 2.42. The molecule has 0 spiro atoms. The van der Waals surface area contributed by atoms with Gasteiger partial charge in [0.05, 0.1) is 8.07 Å². The van der Waals surface area contributed by atoms with E-state index in [1.165, 1.54) is 10.4 Å². The van der Waals surface area contributed by atoms with Gasteiger partial charge in [-0.1, -0.05) is 101 Å². The van der Waals surface area contributed by atoms with Crippen LogP contribution in [0.25, 0.3) is 0 Å². The zero-order valence-corrected chi connectivity index (χ0v) is 17.7. The summed E-state index contributed by atoms with van der Waals surface area (Å²) in [6, 6.07) is 21.1. The Kier molecular flexibility index (Phi) is 5.19. The zero-order valence-electron chi connectivity index (χ0n) is 15.7. The molecule has 0 atom stereocenters. The van der Waals surface area contributed by atoms with Gasteiger partial charge in [0.2, 0.25) is 0 Å². The first-order valence-electron chi connectivity index (χ1n) is 8.53. The van der Waals surface area contributed by atoms with E-state index in [1.807, 2.05) is 12.1 Å². The molecule has 0 amide bonds. The molecule has 0 unspecified atom stereocenters. The first kappa shape index (κ1) is 18.7. The van der Waals surface area contributed by atoms with Crippen molar-refractivity contribution >= 4 is 32.5 Å². The highest BCUT2D eigenvalue weighted by Gasteiger charge is 2.50. The molecule has 2 aromatic rings. The lowest BCUT2D eigenvalue weighted by Gasteiger charge is -2.44. The zero-order chi connectivity index (χ0) is 18.0. The standard InChI is InChI=1S/C21H28OSi2/c1-21(2,3)23(4,5)20(17-22)24(6,18-13-9-7-10-14-18)19-15-11-8-12-16-19/h7-16H,1-6H3. The Morgan fingerprint density at radius 3 is 1.46 bits per heavy atom. The monoisotopic (exact) mass is 352 g/mol. The molecule has 0 radical (unpaired) electrons. The van der Waals surface area contributed by atoms with Crippen molar-refractivity contribution in [2.24, 2.45) is 0 Å². The lowest BCUT2D eigenvalue weighted by molar-refractivity contribution is 0.568. The lowest BCUT2D eigenvalue weighted by Crippen LogP contribution is -2.64. The van der Waals surface area contributed by atoms with Gasteiger partial charge in [-0.3, -0.25) is 0 Å². The van der Waals surface area contributed by atoms with E-state index >= 15 is 0 Å². The van der Waals surface area contributed by atoms with E-state index in [-0.39, 0.29) is 5.04 Å². The molecule has 3 heteroatoms. The number of rotatable bonds is 4. The van der Waals surface area contributed by atoms with Crippen molar-refractivity contribution in [2.75, 3.05) is 0 Å². The van der Waals surface area contributed by atoms with Gasteiger partial charge in [0.25, 0.3) is 0 Å². The van der Waals surface area contributed by atoms with E-state index in [0.717, 1.165) is 4.82 Å². The molecule has 0 aliphatic carbocycles. The van der Waals surface area contributed by atoms with Crippen molar-refractivity contribution in [3.63, 3.8) is 0 Å². The van der Waals surface area contributed by atoms with Crippen LogP contribution < -0.4 is 10.4 Å². The average molecular weight is 353 g/mol. The van der Waals surface area contributed by atoms with E-state index < -0.39 is 16.1 Å². The minimum atomic E-state index is -2.32. The van der Waals surface area contributed by atoms with Gasteiger partial charge < -0.3 is 0 Å². The molecule has 0 fully saturated rings. The van der Waals surface area contributed by atoms with Crippen LogP contribution >= 0.6 is 0 Å². The van der Waals surface area contributed by atoms with Gasteiger partial charge in [-0.25, -0.2) is 4.79 Å². The van der Waals surface area contributed by atoms with Crippen LogP contribution in [0.5, 0.6) is 0 Å². The Labute approximate surface area is 148 Å². The summed E-state index contributed by atoms with van der Waals surface area (Å²) >= 11 is 0. The highest BCUT2D eigenvalue weighted by atomic mass is 28.4. The van der Waals surface area contributed by atoms with E-state index in [4.69, 9.17) is 0 Å². The van der Waals surface area contributed by atoms with Crippen molar-refractivity contribution in [3.05, 3.63) is 65.5 Å². The molecule has 0 aliphatic rings. The van der Waals surface area contributed by atoms with Crippen LogP contribution in [0, 0.1) is 0 Å². The molecule has 0 N–H and O–H groups in total. The van der Waals surface area contributed by atoms with Gasteiger partial charge in [0.1, 0.15) is 14.0 Å². The number of benzene rings is 2. The largest absolute Gasteiger partial charge is 0.234 e. The Morgan fingerprint density at radius 1 is 0.792 bits per heavy atom. The molecule has 126 valence electrons. The van der Waals surface area contributed by atoms with Gasteiger partial charge in [-0.2, -0.15) is 0 Å². The normalized spacial score (nSPS) is 12.6. The van der Waals surface area contributed by atoms with Gasteiger partial charge >= 0.3 is 0 Å². The Hall–Kier alpha value is -1.68. The molecule has 0 saturated heterocycles. The Balaban J connectivity index is 2.79. The van der Waals surface area contributed by atoms with Crippen LogP contribution in [-0.2, 0) is 4.79 Å². The third-order valence-corrected chi connectivity index (χ3v) is 18.4. The van der Waals surface area contributed by atoms with E-state index in [9.17, 15) is 4.79 Å². The van der Waals surface area contributed by atoms with Crippen LogP contribution in [0.4, 0.5) is 0 Å². The maximum absolute atomic E-state index is 12.3. The molecular weight excluding hydrogens is 324 g/mol. The summed E-state index contributed by atoms with van der Waals surface area (Å²) in [5, 5.41) is 2.69. The fourth-order valence-corrected chi connectivity index (χ4v) is 14.1. The van der Waals surface area contributed by atoms with Crippen LogP contribution in [-0.4, -0.2) is 22.1 Å². The SMILES string of the molecule is CC(C)(C)[Si](C)(C)C(=C=O)[Si](C)(c1ccccc1)c1ccccc1. The van der Waals surface area contributed by atoms with Crippen molar-refractivity contribution in [2.45, 2.75) is 45.5 Å². The van der Waals surface area contributed by atoms with Gasteiger partial charge in [-0.15, -0.1) is 0 Å². The van der Waals surface area contributed by atoms with E-state index in [0.29, 0.717) is 0 Å². The van der Waals surface area contributed by atoms with Gasteiger partial charge in [0.15, 0.2) is 0 Å². The predicted molar refractivity (Wildman–Crippen MR) is 110 cm³/mol. The summed E-state index contributed by atoms with van der Waals surface area (Å²) in [7, 11) is -4.30. The van der Waals surface area contributed by atoms with Gasteiger partial charge in [-0.05, 0) is 20.2 Å². The smallest absolute Gasteiger partial charge is 0.149 e. The average Bonchev–Trinajstić information content (AvgIpc) is 2.55. The fourth-order valence-electron chi connectivity index (χ4n) is 3.23. The molecular formula is C21H28OSi2. The second-order valence-electron chi connectivity index (χ2n) is 8.21. The van der Waals surface area contributed by atoms with Gasteiger partial charge in [0, 0.05) is 0 Å². The predicted octanol–water partition coefficient (Wildman–Crippen LogP) is 4.22. The quantitative estimate of drug-likeness (QED) is 0.594. The molecule has 0 saturated carbocycles.